The fourth-order valence-corrected chi connectivity index (χ4v) is 1.70. The van der Waals surface area contributed by atoms with Crippen LogP contribution < -0.4 is 4.90 Å². The predicted molar refractivity (Wildman–Crippen MR) is 59.4 cm³/mol. The molecule has 1 N–H and O–H groups in total. The van der Waals surface area contributed by atoms with E-state index in [1.54, 1.807) is 6.92 Å². The third-order valence-corrected chi connectivity index (χ3v) is 2.76. The van der Waals surface area contributed by atoms with Gasteiger partial charge in [0.1, 0.15) is 6.04 Å². The summed E-state index contributed by atoms with van der Waals surface area (Å²) in [5.41, 5.74) is 0.836. The smallest absolute Gasteiger partial charge is 0.326 e. The molecular formula is C11H15N3O2. The summed E-state index contributed by atoms with van der Waals surface area (Å²) in [6.45, 7) is 3.54. The predicted octanol–water partition coefficient (Wildman–Crippen LogP) is 1.23. The van der Waals surface area contributed by atoms with Gasteiger partial charge in [0, 0.05) is 6.04 Å². The second kappa shape index (κ2) is 4.08. The molecule has 5 nitrogen and oxygen atoms in total. The van der Waals surface area contributed by atoms with Crippen molar-refractivity contribution in [3.8, 4) is 0 Å². The third kappa shape index (κ3) is 2.13. The molecule has 0 saturated heterocycles. The van der Waals surface area contributed by atoms with Gasteiger partial charge < -0.3 is 10.0 Å². The Morgan fingerprint density at radius 2 is 2.19 bits per heavy atom. The van der Waals surface area contributed by atoms with Crippen LogP contribution in [0.2, 0.25) is 0 Å². The summed E-state index contributed by atoms with van der Waals surface area (Å²) in [6.07, 6.45) is 2.07. The zero-order chi connectivity index (χ0) is 11.7. The zero-order valence-electron chi connectivity index (χ0n) is 9.42. The maximum atomic E-state index is 11.0. The molecule has 1 aromatic rings. The van der Waals surface area contributed by atoms with Crippen molar-refractivity contribution in [3.63, 3.8) is 0 Å². The highest BCUT2D eigenvalue weighted by Gasteiger charge is 2.36. The molecule has 2 rings (SSSR count). The lowest BCUT2D eigenvalue weighted by molar-refractivity contribution is -0.138. The van der Waals surface area contributed by atoms with E-state index in [9.17, 15) is 4.79 Å². The maximum Gasteiger partial charge on any atom is 0.326 e. The van der Waals surface area contributed by atoms with Gasteiger partial charge in [-0.3, -0.25) is 0 Å². The minimum atomic E-state index is -0.825. The molecular weight excluding hydrogens is 206 g/mol. The van der Waals surface area contributed by atoms with E-state index in [1.807, 2.05) is 24.0 Å². The minimum absolute atomic E-state index is 0.308. The topological polar surface area (TPSA) is 66.3 Å². The largest absolute Gasteiger partial charge is 0.480 e. The Hall–Kier alpha value is -1.65. The molecule has 0 radical (unpaired) electrons. The van der Waals surface area contributed by atoms with Crippen molar-refractivity contribution in [2.45, 2.75) is 38.8 Å². The van der Waals surface area contributed by atoms with Crippen molar-refractivity contribution in [3.05, 3.63) is 17.8 Å². The second-order valence-corrected chi connectivity index (χ2v) is 4.19. The van der Waals surface area contributed by atoms with Crippen molar-refractivity contribution < 1.29 is 9.90 Å². The summed E-state index contributed by atoms with van der Waals surface area (Å²) in [5.74, 6) is -0.169. The van der Waals surface area contributed by atoms with Crippen LogP contribution in [0, 0.1) is 6.92 Å². The Morgan fingerprint density at radius 1 is 1.50 bits per heavy atom. The zero-order valence-corrected chi connectivity index (χ0v) is 9.42. The van der Waals surface area contributed by atoms with E-state index in [4.69, 9.17) is 5.11 Å². The van der Waals surface area contributed by atoms with Crippen LogP contribution in [-0.4, -0.2) is 33.4 Å². The van der Waals surface area contributed by atoms with E-state index in [-0.39, 0.29) is 0 Å². The fourth-order valence-electron chi connectivity index (χ4n) is 1.70. The van der Waals surface area contributed by atoms with Gasteiger partial charge in [-0.1, -0.05) is 0 Å². The van der Waals surface area contributed by atoms with E-state index in [1.165, 1.54) is 0 Å². The molecule has 1 saturated carbocycles. The number of anilines is 1. The van der Waals surface area contributed by atoms with E-state index in [0.29, 0.717) is 11.9 Å². The van der Waals surface area contributed by atoms with Crippen LogP contribution in [0.1, 0.15) is 25.5 Å². The molecule has 1 fully saturated rings. The Bertz CT molecular complexity index is 387. The van der Waals surface area contributed by atoms with Crippen LogP contribution in [0.4, 0.5) is 5.82 Å². The lowest BCUT2D eigenvalue weighted by Crippen LogP contribution is -2.41. The van der Waals surface area contributed by atoms with Gasteiger partial charge in [-0.2, -0.15) is 5.10 Å². The molecule has 1 aromatic heterocycles. The number of carbonyl (C=O) groups is 1. The molecule has 0 spiro atoms. The van der Waals surface area contributed by atoms with Gasteiger partial charge in [-0.15, -0.1) is 5.10 Å². The quantitative estimate of drug-likeness (QED) is 0.828. The molecule has 16 heavy (non-hydrogen) atoms. The number of nitrogens with zero attached hydrogens (tertiary/aromatic N) is 3. The van der Waals surface area contributed by atoms with Crippen LogP contribution in [0.15, 0.2) is 12.1 Å². The molecule has 0 amide bonds. The highest BCUT2D eigenvalue weighted by molar-refractivity contribution is 5.77. The van der Waals surface area contributed by atoms with Gasteiger partial charge in [0.25, 0.3) is 0 Å². The molecule has 1 aliphatic rings. The molecule has 1 heterocycles. The van der Waals surface area contributed by atoms with Crippen molar-refractivity contribution >= 4 is 11.8 Å². The summed E-state index contributed by atoms with van der Waals surface area (Å²) < 4.78 is 0. The summed E-state index contributed by atoms with van der Waals surface area (Å²) in [7, 11) is 0. The van der Waals surface area contributed by atoms with Crippen molar-refractivity contribution in [2.24, 2.45) is 0 Å². The molecule has 0 bridgehead atoms. The van der Waals surface area contributed by atoms with Crippen LogP contribution in [0.3, 0.4) is 0 Å². The van der Waals surface area contributed by atoms with Crippen molar-refractivity contribution in [1.82, 2.24) is 10.2 Å². The van der Waals surface area contributed by atoms with Crippen molar-refractivity contribution in [1.29, 1.82) is 0 Å². The molecule has 1 unspecified atom stereocenters. The van der Waals surface area contributed by atoms with E-state index >= 15 is 0 Å². The van der Waals surface area contributed by atoms with E-state index < -0.39 is 12.0 Å². The SMILES string of the molecule is Cc1ccc(N(C2CC2)C(C)C(=O)O)nn1. The number of aliphatic carboxylic acids is 1. The highest BCUT2D eigenvalue weighted by atomic mass is 16.4. The van der Waals surface area contributed by atoms with Gasteiger partial charge in [-0.05, 0) is 38.8 Å². The van der Waals surface area contributed by atoms with Gasteiger partial charge in [0.05, 0.1) is 5.69 Å². The molecule has 0 aromatic carbocycles. The Labute approximate surface area is 94.1 Å². The van der Waals surface area contributed by atoms with Gasteiger partial charge in [0.15, 0.2) is 5.82 Å². The first-order chi connectivity index (χ1) is 7.59. The average molecular weight is 221 g/mol. The van der Waals surface area contributed by atoms with Crippen molar-refractivity contribution in [2.75, 3.05) is 4.90 Å². The summed E-state index contributed by atoms with van der Waals surface area (Å²) in [6, 6.07) is 3.44. The first-order valence-corrected chi connectivity index (χ1v) is 5.41. The molecule has 0 aliphatic heterocycles. The summed E-state index contributed by atoms with van der Waals surface area (Å²) >= 11 is 0. The maximum absolute atomic E-state index is 11.0. The summed E-state index contributed by atoms with van der Waals surface area (Å²) in [5, 5.41) is 17.1. The number of carboxylic acid groups (broad SMARTS) is 1. The van der Waals surface area contributed by atoms with Gasteiger partial charge >= 0.3 is 5.97 Å². The van der Waals surface area contributed by atoms with Crippen LogP contribution in [0.5, 0.6) is 0 Å². The van der Waals surface area contributed by atoms with E-state index in [2.05, 4.69) is 10.2 Å². The van der Waals surface area contributed by atoms with Crippen LogP contribution in [-0.2, 0) is 4.79 Å². The second-order valence-electron chi connectivity index (χ2n) is 4.19. The number of hydrogen-bond acceptors (Lipinski definition) is 4. The summed E-state index contributed by atoms with van der Waals surface area (Å²) in [4.78, 5) is 12.9. The number of aromatic nitrogens is 2. The fraction of sp³-hybridized carbons (Fsp3) is 0.545. The normalized spacial score (nSPS) is 16.9. The first kappa shape index (κ1) is 10.9. The lowest BCUT2D eigenvalue weighted by atomic mass is 10.2. The monoisotopic (exact) mass is 221 g/mol. The molecule has 86 valence electrons. The Balaban J connectivity index is 2.25. The van der Waals surface area contributed by atoms with Crippen LogP contribution in [0.25, 0.3) is 0 Å². The van der Waals surface area contributed by atoms with Gasteiger partial charge in [-0.25, -0.2) is 4.79 Å². The molecule has 1 aliphatic carbocycles. The average Bonchev–Trinajstić information content (AvgIpc) is 3.05. The molecule has 1 atom stereocenters. The first-order valence-electron chi connectivity index (χ1n) is 5.41. The highest BCUT2D eigenvalue weighted by Crippen LogP contribution is 2.32. The number of hydrogen-bond donors (Lipinski definition) is 1. The number of rotatable bonds is 4. The van der Waals surface area contributed by atoms with Crippen LogP contribution >= 0.6 is 0 Å². The van der Waals surface area contributed by atoms with E-state index in [0.717, 1.165) is 18.5 Å². The minimum Gasteiger partial charge on any atom is -0.480 e. The Kier molecular flexibility index (Phi) is 2.77. The number of carboxylic acids is 1. The molecule has 5 heteroatoms. The standard InChI is InChI=1S/C11H15N3O2/c1-7-3-6-10(13-12-7)14(9-4-5-9)8(2)11(15)16/h3,6,8-9H,4-5H2,1-2H3,(H,15,16). The Morgan fingerprint density at radius 3 is 2.62 bits per heavy atom. The lowest BCUT2D eigenvalue weighted by Gasteiger charge is -2.26. The third-order valence-electron chi connectivity index (χ3n) is 2.76. The van der Waals surface area contributed by atoms with Gasteiger partial charge in [0.2, 0.25) is 0 Å². The number of aryl methyl sites for hydroxylation is 1.